The number of rotatable bonds is 11. The Balaban J connectivity index is 2.22. The lowest BCUT2D eigenvalue weighted by Crippen LogP contribution is -2.45. The highest BCUT2D eigenvalue weighted by Gasteiger charge is 2.33. The van der Waals surface area contributed by atoms with E-state index in [1.54, 1.807) is 0 Å². The predicted molar refractivity (Wildman–Crippen MR) is 78.5 cm³/mol. The molecule has 1 heterocycles. The molecular formula is C16H32NO+. The van der Waals surface area contributed by atoms with Gasteiger partial charge in [0.2, 0.25) is 0 Å². The number of allylic oxidation sites excluding steroid dienone is 1. The van der Waals surface area contributed by atoms with Gasteiger partial charge in [-0.2, -0.15) is 0 Å². The smallest absolute Gasteiger partial charge is 0.130 e. The molecule has 0 N–H and O–H groups in total. The SMILES string of the molecule is CCCCCCC/C=C/[N+](CC)(CC)CC1CO1. The Morgan fingerprint density at radius 1 is 1.06 bits per heavy atom. The number of hydrogen-bond donors (Lipinski definition) is 0. The van der Waals surface area contributed by atoms with E-state index < -0.39 is 0 Å². The average molecular weight is 254 g/mol. The molecule has 0 bridgehead atoms. The second-order valence-corrected chi connectivity index (χ2v) is 5.58. The van der Waals surface area contributed by atoms with Crippen LogP contribution in [0.3, 0.4) is 0 Å². The van der Waals surface area contributed by atoms with Crippen LogP contribution in [0.1, 0.15) is 59.3 Å². The Hall–Kier alpha value is -0.340. The van der Waals surface area contributed by atoms with Crippen LogP contribution >= 0.6 is 0 Å². The first-order chi connectivity index (χ1) is 8.76. The highest BCUT2D eigenvalue weighted by molar-refractivity contribution is 4.78. The summed E-state index contributed by atoms with van der Waals surface area (Å²) < 4.78 is 6.49. The van der Waals surface area contributed by atoms with E-state index in [2.05, 4.69) is 33.0 Å². The van der Waals surface area contributed by atoms with E-state index in [4.69, 9.17) is 4.74 Å². The van der Waals surface area contributed by atoms with Crippen molar-refractivity contribution in [1.29, 1.82) is 0 Å². The lowest BCUT2D eigenvalue weighted by Gasteiger charge is -2.32. The molecule has 0 aromatic heterocycles. The third kappa shape index (κ3) is 6.01. The van der Waals surface area contributed by atoms with Crippen LogP contribution in [0, 0.1) is 0 Å². The van der Waals surface area contributed by atoms with Gasteiger partial charge in [0.1, 0.15) is 12.6 Å². The second kappa shape index (κ2) is 8.71. The summed E-state index contributed by atoms with van der Waals surface area (Å²) in [6.07, 6.45) is 13.5. The molecular weight excluding hydrogens is 222 g/mol. The van der Waals surface area contributed by atoms with Crippen molar-refractivity contribution >= 4 is 0 Å². The summed E-state index contributed by atoms with van der Waals surface area (Å²) in [5.74, 6) is 0. The number of likely N-dealkylation sites (N-methyl/N-ethyl adjacent to an activating group) is 1. The molecule has 1 fully saturated rings. The third-order valence-electron chi connectivity index (χ3n) is 4.13. The Bertz CT molecular complexity index is 229. The largest absolute Gasteiger partial charge is 0.367 e. The first-order valence-electron chi connectivity index (χ1n) is 7.91. The molecule has 0 aromatic carbocycles. The zero-order valence-corrected chi connectivity index (χ0v) is 12.7. The van der Waals surface area contributed by atoms with Crippen molar-refractivity contribution in [3.8, 4) is 0 Å². The lowest BCUT2D eigenvalue weighted by atomic mass is 10.1. The monoisotopic (exact) mass is 254 g/mol. The molecule has 1 aliphatic rings. The fourth-order valence-corrected chi connectivity index (χ4v) is 2.50. The van der Waals surface area contributed by atoms with Crippen molar-refractivity contribution in [2.45, 2.75) is 65.4 Å². The molecule has 106 valence electrons. The predicted octanol–water partition coefficient (Wildman–Crippen LogP) is 4.12. The molecule has 0 spiro atoms. The minimum absolute atomic E-state index is 0.527. The van der Waals surface area contributed by atoms with Crippen molar-refractivity contribution < 1.29 is 9.22 Å². The van der Waals surface area contributed by atoms with Crippen molar-refractivity contribution in [2.75, 3.05) is 26.2 Å². The minimum atomic E-state index is 0.527. The fourth-order valence-electron chi connectivity index (χ4n) is 2.50. The number of epoxide rings is 1. The zero-order chi connectivity index (χ0) is 13.3. The summed E-state index contributed by atoms with van der Waals surface area (Å²) >= 11 is 0. The number of unbranched alkanes of at least 4 members (excludes halogenated alkanes) is 5. The molecule has 0 aromatic rings. The van der Waals surface area contributed by atoms with E-state index in [-0.39, 0.29) is 0 Å². The summed E-state index contributed by atoms with van der Waals surface area (Å²) in [4.78, 5) is 0. The molecule has 1 atom stereocenters. The van der Waals surface area contributed by atoms with E-state index >= 15 is 0 Å². The van der Waals surface area contributed by atoms with Gasteiger partial charge >= 0.3 is 0 Å². The minimum Gasteiger partial charge on any atom is -0.367 e. The average Bonchev–Trinajstić information content (AvgIpc) is 3.20. The Morgan fingerprint density at radius 3 is 2.28 bits per heavy atom. The van der Waals surface area contributed by atoms with Crippen molar-refractivity contribution in [3.05, 3.63) is 12.3 Å². The first-order valence-corrected chi connectivity index (χ1v) is 7.91. The van der Waals surface area contributed by atoms with Gasteiger partial charge in [-0.15, -0.1) is 0 Å². The Kier molecular flexibility index (Phi) is 7.60. The van der Waals surface area contributed by atoms with Crippen LogP contribution in [0.5, 0.6) is 0 Å². The van der Waals surface area contributed by atoms with Gasteiger partial charge in [0.15, 0.2) is 0 Å². The van der Waals surface area contributed by atoms with Gasteiger partial charge in [-0.1, -0.05) is 32.6 Å². The molecule has 0 aliphatic carbocycles. The zero-order valence-electron chi connectivity index (χ0n) is 12.7. The number of quaternary nitrogens is 1. The Labute approximate surface area is 114 Å². The molecule has 18 heavy (non-hydrogen) atoms. The summed E-state index contributed by atoms with van der Waals surface area (Å²) in [5.41, 5.74) is 0. The molecule has 1 aliphatic heterocycles. The summed E-state index contributed by atoms with van der Waals surface area (Å²) in [6.45, 7) is 11.4. The van der Waals surface area contributed by atoms with E-state index in [0.29, 0.717) is 6.10 Å². The van der Waals surface area contributed by atoms with Crippen LogP contribution in [0.15, 0.2) is 12.3 Å². The van der Waals surface area contributed by atoms with E-state index in [1.807, 2.05) is 0 Å². The van der Waals surface area contributed by atoms with Gasteiger partial charge in [-0.05, 0) is 32.8 Å². The normalized spacial score (nSPS) is 19.6. The van der Waals surface area contributed by atoms with Gasteiger partial charge in [-0.3, -0.25) is 4.48 Å². The van der Waals surface area contributed by atoms with E-state index in [1.165, 1.54) is 58.2 Å². The van der Waals surface area contributed by atoms with Crippen molar-refractivity contribution in [3.63, 3.8) is 0 Å². The summed E-state index contributed by atoms with van der Waals surface area (Å²) in [7, 11) is 0. The van der Waals surface area contributed by atoms with Gasteiger partial charge in [-0.25, -0.2) is 0 Å². The highest BCUT2D eigenvalue weighted by Crippen LogP contribution is 2.18. The van der Waals surface area contributed by atoms with Crippen LogP contribution in [0.4, 0.5) is 0 Å². The molecule has 0 radical (unpaired) electrons. The van der Waals surface area contributed by atoms with Crippen LogP contribution < -0.4 is 0 Å². The third-order valence-corrected chi connectivity index (χ3v) is 4.13. The summed E-state index contributed by atoms with van der Waals surface area (Å²) in [6, 6.07) is 0. The fraction of sp³-hybridized carbons (Fsp3) is 0.875. The maximum atomic E-state index is 5.39. The lowest BCUT2D eigenvalue weighted by molar-refractivity contribution is -0.876. The standard InChI is InChI=1S/C16H32NO/c1-4-7-8-9-10-11-12-13-17(5-2,6-3)14-16-15-18-16/h12-13,16H,4-11,14-15H2,1-3H3/q+1/b13-12+. The van der Waals surface area contributed by atoms with Crippen molar-refractivity contribution in [2.24, 2.45) is 0 Å². The quantitative estimate of drug-likeness (QED) is 0.307. The molecule has 0 saturated carbocycles. The van der Waals surface area contributed by atoms with Crippen LogP contribution in [0.2, 0.25) is 0 Å². The van der Waals surface area contributed by atoms with Crippen molar-refractivity contribution in [1.82, 2.24) is 0 Å². The second-order valence-electron chi connectivity index (χ2n) is 5.58. The van der Waals surface area contributed by atoms with Gasteiger partial charge in [0.05, 0.1) is 25.9 Å². The number of hydrogen-bond acceptors (Lipinski definition) is 1. The molecule has 1 rings (SSSR count). The maximum Gasteiger partial charge on any atom is 0.130 e. The van der Waals surface area contributed by atoms with Crippen LogP contribution in [-0.2, 0) is 4.74 Å². The molecule has 0 amide bonds. The van der Waals surface area contributed by atoms with Gasteiger partial charge in [0, 0.05) is 0 Å². The molecule has 2 heteroatoms. The van der Waals surface area contributed by atoms with Gasteiger partial charge in [0.25, 0.3) is 0 Å². The number of ether oxygens (including phenoxy) is 1. The maximum absolute atomic E-state index is 5.39. The van der Waals surface area contributed by atoms with E-state index in [0.717, 1.165) is 11.1 Å². The topological polar surface area (TPSA) is 12.5 Å². The first kappa shape index (κ1) is 15.7. The summed E-state index contributed by atoms with van der Waals surface area (Å²) in [5, 5.41) is 0. The molecule has 1 saturated heterocycles. The highest BCUT2D eigenvalue weighted by atomic mass is 16.6. The number of nitrogens with zero attached hydrogens (tertiary/aromatic N) is 1. The molecule has 1 unspecified atom stereocenters. The van der Waals surface area contributed by atoms with Crippen LogP contribution in [0.25, 0.3) is 0 Å². The van der Waals surface area contributed by atoms with Gasteiger partial charge < -0.3 is 4.74 Å². The Morgan fingerprint density at radius 2 is 1.72 bits per heavy atom. The molecule has 2 nitrogen and oxygen atoms in total. The van der Waals surface area contributed by atoms with E-state index in [9.17, 15) is 0 Å². The van der Waals surface area contributed by atoms with Crippen LogP contribution in [-0.4, -0.2) is 36.8 Å².